The number of aliphatic hydroxyl groups is 1. The van der Waals surface area contributed by atoms with Crippen molar-refractivity contribution in [3.05, 3.63) is 35.4 Å². The van der Waals surface area contributed by atoms with Gasteiger partial charge < -0.3 is 9.84 Å². The van der Waals surface area contributed by atoms with Gasteiger partial charge in [-0.05, 0) is 12.0 Å². The molecule has 0 spiro atoms. The summed E-state index contributed by atoms with van der Waals surface area (Å²) in [6.45, 7) is 2.60. The molecule has 1 aliphatic heterocycles. The zero-order valence-electron chi connectivity index (χ0n) is 9.40. The molecule has 86 valence electrons. The van der Waals surface area contributed by atoms with Crippen LogP contribution in [0.3, 0.4) is 0 Å². The molecule has 3 nitrogen and oxygen atoms in total. The molecule has 1 fully saturated rings. The Balaban J connectivity index is 2.20. The molecule has 1 heterocycles. The van der Waals surface area contributed by atoms with Gasteiger partial charge in [0.2, 0.25) is 0 Å². The summed E-state index contributed by atoms with van der Waals surface area (Å²) in [6.07, 6.45) is 0.961. The number of benzene rings is 1. The lowest BCUT2D eigenvalue weighted by molar-refractivity contribution is -0.109. The highest BCUT2D eigenvalue weighted by Gasteiger charge is 2.45. The first-order valence-electron chi connectivity index (χ1n) is 5.54. The summed E-state index contributed by atoms with van der Waals surface area (Å²) < 4.78 is 5.04. The monoisotopic (exact) mass is 220 g/mol. The Hall–Kier alpha value is -1.19. The van der Waals surface area contributed by atoms with Crippen molar-refractivity contribution in [2.75, 3.05) is 19.8 Å². The van der Waals surface area contributed by atoms with Crippen LogP contribution in [0.1, 0.15) is 22.8 Å². The second-order valence-electron chi connectivity index (χ2n) is 4.31. The lowest BCUT2D eigenvalue weighted by Crippen LogP contribution is -2.51. The van der Waals surface area contributed by atoms with Crippen LogP contribution in [0, 0.1) is 5.41 Å². The van der Waals surface area contributed by atoms with E-state index in [2.05, 4.69) is 6.92 Å². The van der Waals surface area contributed by atoms with Crippen molar-refractivity contribution in [2.24, 2.45) is 5.41 Å². The first-order valence-corrected chi connectivity index (χ1v) is 5.54. The predicted molar refractivity (Wildman–Crippen MR) is 60.5 cm³/mol. The summed E-state index contributed by atoms with van der Waals surface area (Å²) >= 11 is 0. The molecule has 1 aromatic rings. The van der Waals surface area contributed by atoms with E-state index in [1.54, 1.807) is 0 Å². The highest BCUT2D eigenvalue weighted by Crippen LogP contribution is 2.31. The van der Waals surface area contributed by atoms with E-state index in [0.29, 0.717) is 18.8 Å². The van der Waals surface area contributed by atoms with Crippen LogP contribution < -0.4 is 0 Å². The highest BCUT2D eigenvalue weighted by atomic mass is 16.5. The van der Waals surface area contributed by atoms with Crippen molar-refractivity contribution in [3.63, 3.8) is 0 Å². The van der Waals surface area contributed by atoms with E-state index in [1.807, 2.05) is 24.3 Å². The predicted octanol–water partition coefficient (Wildman–Crippen LogP) is 1.44. The second-order valence-corrected chi connectivity index (χ2v) is 4.31. The fraction of sp³-hybridized carbons (Fsp3) is 0.462. The molecule has 0 unspecified atom stereocenters. The minimum Gasteiger partial charge on any atom is -0.395 e. The average Bonchev–Trinajstić information content (AvgIpc) is 2.28. The van der Waals surface area contributed by atoms with Gasteiger partial charge in [-0.3, -0.25) is 4.79 Å². The third kappa shape index (κ3) is 1.77. The number of hydrogen-bond acceptors (Lipinski definition) is 3. The van der Waals surface area contributed by atoms with Gasteiger partial charge in [-0.15, -0.1) is 0 Å². The van der Waals surface area contributed by atoms with E-state index < -0.39 is 5.41 Å². The van der Waals surface area contributed by atoms with Crippen LogP contribution in [0.5, 0.6) is 0 Å². The van der Waals surface area contributed by atoms with Crippen LogP contribution in [0.15, 0.2) is 24.3 Å². The maximum Gasteiger partial charge on any atom is 0.175 e. The van der Waals surface area contributed by atoms with Crippen molar-refractivity contribution in [2.45, 2.75) is 13.3 Å². The Kier molecular flexibility index (Phi) is 3.08. The number of ether oxygens (including phenoxy) is 1. The molecule has 0 radical (unpaired) electrons. The third-order valence-electron chi connectivity index (χ3n) is 3.17. The van der Waals surface area contributed by atoms with E-state index in [1.165, 1.54) is 5.56 Å². The minimum atomic E-state index is -0.687. The third-order valence-corrected chi connectivity index (χ3v) is 3.17. The summed E-state index contributed by atoms with van der Waals surface area (Å²) in [6, 6.07) is 7.57. The highest BCUT2D eigenvalue weighted by molar-refractivity contribution is 6.01. The lowest BCUT2D eigenvalue weighted by atomic mass is 9.79. The molecule has 0 atom stereocenters. The van der Waals surface area contributed by atoms with Gasteiger partial charge in [0.25, 0.3) is 0 Å². The number of aliphatic hydroxyl groups excluding tert-OH is 1. The Morgan fingerprint density at radius 3 is 2.38 bits per heavy atom. The molecule has 1 aromatic carbocycles. The Morgan fingerprint density at radius 2 is 2.00 bits per heavy atom. The fourth-order valence-electron chi connectivity index (χ4n) is 1.84. The SMILES string of the molecule is CCc1ccc(C(=O)C2(CO)COC2)cc1. The van der Waals surface area contributed by atoms with Gasteiger partial charge in [0.15, 0.2) is 5.78 Å². The minimum absolute atomic E-state index is 0.0103. The first-order chi connectivity index (χ1) is 7.72. The Labute approximate surface area is 95.0 Å². The van der Waals surface area contributed by atoms with Gasteiger partial charge in [-0.1, -0.05) is 31.2 Å². The van der Waals surface area contributed by atoms with Gasteiger partial charge in [0, 0.05) is 5.56 Å². The topological polar surface area (TPSA) is 46.5 Å². The van der Waals surface area contributed by atoms with Crippen molar-refractivity contribution >= 4 is 5.78 Å². The van der Waals surface area contributed by atoms with Crippen LogP contribution >= 0.6 is 0 Å². The maximum absolute atomic E-state index is 12.1. The van der Waals surface area contributed by atoms with Gasteiger partial charge in [-0.2, -0.15) is 0 Å². The molecule has 0 amide bonds. The van der Waals surface area contributed by atoms with E-state index >= 15 is 0 Å². The molecule has 0 aromatic heterocycles. The summed E-state index contributed by atoms with van der Waals surface area (Å²) in [4.78, 5) is 12.1. The summed E-state index contributed by atoms with van der Waals surface area (Å²) in [5.74, 6) is -0.0103. The van der Waals surface area contributed by atoms with Gasteiger partial charge >= 0.3 is 0 Å². The van der Waals surface area contributed by atoms with Gasteiger partial charge in [-0.25, -0.2) is 0 Å². The standard InChI is InChI=1S/C13H16O3/c1-2-10-3-5-11(6-4-10)12(15)13(7-14)8-16-9-13/h3-6,14H,2,7-9H2,1H3. The van der Waals surface area contributed by atoms with E-state index in [4.69, 9.17) is 4.74 Å². The van der Waals surface area contributed by atoms with Crippen LogP contribution in [0.25, 0.3) is 0 Å². The molecule has 0 aliphatic carbocycles. The lowest BCUT2D eigenvalue weighted by Gasteiger charge is -2.38. The Bertz CT molecular complexity index is 371. The molecular weight excluding hydrogens is 204 g/mol. The van der Waals surface area contributed by atoms with Crippen LogP contribution in [0.4, 0.5) is 0 Å². The largest absolute Gasteiger partial charge is 0.395 e. The van der Waals surface area contributed by atoms with Crippen molar-refractivity contribution in [1.82, 2.24) is 0 Å². The smallest absolute Gasteiger partial charge is 0.175 e. The number of ketones is 1. The van der Waals surface area contributed by atoms with E-state index in [-0.39, 0.29) is 12.4 Å². The summed E-state index contributed by atoms with van der Waals surface area (Å²) in [5.41, 5.74) is 1.18. The zero-order valence-corrected chi connectivity index (χ0v) is 9.40. The molecule has 0 saturated carbocycles. The zero-order chi connectivity index (χ0) is 11.6. The molecule has 1 saturated heterocycles. The number of Topliss-reactive ketones (excluding diaryl/α,β-unsaturated/α-hetero) is 1. The van der Waals surface area contributed by atoms with Crippen molar-refractivity contribution in [3.8, 4) is 0 Å². The van der Waals surface area contributed by atoms with Crippen molar-refractivity contribution in [1.29, 1.82) is 0 Å². The Morgan fingerprint density at radius 1 is 1.38 bits per heavy atom. The number of carbonyl (C=O) groups excluding carboxylic acids is 1. The van der Waals surface area contributed by atoms with Crippen LogP contribution in [-0.2, 0) is 11.2 Å². The number of aryl methyl sites for hydroxylation is 1. The quantitative estimate of drug-likeness (QED) is 0.781. The van der Waals surface area contributed by atoms with Gasteiger partial charge in [0.05, 0.1) is 19.8 Å². The normalized spacial score (nSPS) is 17.9. The van der Waals surface area contributed by atoms with E-state index in [9.17, 15) is 9.90 Å². The summed E-state index contributed by atoms with van der Waals surface area (Å²) in [5, 5.41) is 9.27. The molecular formula is C13H16O3. The molecule has 1 N–H and O–H groups in total. The first kappa shape index (κ1) is 11.3. The molecule has 0 bridgehead atoms. The van der Waals surface area contributed by atoms with Crippen molar-refractivity contribution < 1.29 is 14.6 Å². The number of carbonyl (C=O) groups is 1. The van der Waals surface area contributed by atoms with Crippen LogP contribution in [-0.4, -0.2) is 30.7 Å². The molecule has 1 aliphatic rings. The second kappa shape index (κ2) is 4.36. The maximum atomic E-state index is 12.1. The summed E-state index contributed by atoms with van der Waals surface area (Å²) in [7, 11) is 0. The van der Waals surface area contributed by atoms with Crippen LogP contribution in [0.2, 0.25) is 0 Å². The molecule has 2 rings (SSSR count). The van der Waals surface area contributed by atoms with E-state index in [0.717, 1.165) is 6.42 Å². The fourth-order valence-corrected chi connectivity index (χ4v) is 1.84. The average molecular weight is 220 g/mol. The molecule has 3 heteroatoms. The molecule has 16 heavy (non-hydrogen) atoms. The van der Waals surface area contributed by atoms with Gasteiger partial charge in [0.1, 0.15) is 5.41 Å². The number of hydrogen-bond donors (Lipinski definition) is 1. The number of rotatable bonds is 4.